The van der Waals surface area contributed by atoms with E-state index in [1.165, 1.54) is 22.3 Å². The van der Waals surface area contributed by atoms with Gasteiger partial charge in [0, 0.05) is 24.0 Å². The summed E-state index contributed by atoms with van der Waals surface area (Å²) in [6.07, 6.45) is 4.69. The second-order valence-corrected chi connectivity index (χ2v) is 4.33. The van der Waals surface area contributed by atoms with Crippen molar-refractivity contribution >= 4 is 0 Å². The van der Waals surface area contributed by atoms with Gasteiger partial charge in [-0.3, -0.25) is 4.98 Å². The molecule has 0 aliphatic rings. The van der Waals surface area contributed by atoms with Gasteiger partial charge in [0.15, 0.2) is 0 Å². The Hall–Kier alpha value is -1.67. The number of nitrogens with two attached hydrogens (primary N) is 1. The van der Waals surface area contributed by atoms with Crippen LogP contribution in [-0.4, -0.2) is 4.98 Å². The standard InChI is InChI=1S/C15H18N2/c1-3-15(16)13-6-4-12(5-7-13)14-10-17-9-8-11(14)2/h4-10,15H,3,16H2,1-2H3. The van der Waals surface area contributed by atoms with Gasteiger partial charge in [-0.25, -0.2) is 0 Å². The van der Waals surface area contributed by atoms with E-state index < -0.39 is 0 Å². The van der Waals surface area contributed by atoms with Gasteiger partial charge in [-0.2, -0.15) is 0 Å². The molecule has 0 spiro atoms. The van der Waals surface area contributed by atoms with Crippen LogP contribution in [0.2, 0.25) is 0 Å². The number of hydrogen-bond donors (Lipinski definition) is 1. The van der Waals surface area contributed by atoms with E-state index in [4.69, 9.17) is 5.73 Å². The molecule has 0 bridgehead atoms. The Morgan fingerprint density at radius 3 is 2.47 bits per heavy atom. The van der Waals surface area contributed by atoms with E-state index in [0.29, 0.717) is 0 Å². The van der Waals surface area contributed by atoms with E-state index in [1.807, 2.05) is 18.5 Å². The van der Waals surface area contributed by atoms with Gasteiger partial charge in [-0.05, 0) is 36.1 Å². The van der Waals surface area contributed by atoms with Gasteiger partial charge in [0.2, 0.25) is 0 Å². The van der Waals surface area contributed by atoms with Crippen molar-refractivity contribution in [2.24, 2.45) is 5.73 Å². The first-order chi connectivity index (χ1) is 8.22. The van der Waals surface area contributed by atoms with Crippen LogP contribution < -0.4 is 5.73 Å². The van der Waals surface area contributed by atoms with Gasteiger partial charge in [-0.15, -0.1) is 0 Å². The minimum atomic E-state index is 0.138. The highest BCUT2D eigenvalue weighted by Crippen LogP contribution is 2.24. The molecule has 2 nitrogen and oxygen atoms in total. The van der Waals surface area contributed by atoms with Crippen molar-refractivity contribution in [2.45, 2.75) is 26.3 Å². The molecule has 2 aromatic rings. The van der Waals surface area contributed by atoms with Crippen molar-refractivity contribution in [1.82, 2.24) is 4.98 Å². The van der Waals surface area contributed by atoms with Crippen LogP contribution in [0.4, 0.5) is 0 Å². The molecule has 1 aromatic carbocycles. The summed E-state index contributed by atoms with van der Waals surface area (Å²) in [5.74, 6) is 0. The topological polar surface area (TPSA) is 38.9 Å². The molecule has 0 fully saturated rings. The molecular formula is C15H18N2. The monoisotopic (exact) mass is 226 g/mol. The Balaban J connectivity index is 2.33. The quantitative estimate of drug-likeness (QED) is 0.870. The third-order valence-electron chi connectivity index (χ3n) is 3.13. The van der Waals surface area contributed by atoms with Crippen molar-refractivity contribution in [1.29, 1.82) is 0 Å². The van der Waals surface area contributed by atoms with E-state index in [-0.39, 0.29) is 6.04 Å². The fourth-order valence-electron chi connectivity index (χ4n) is 1.91. The molecule has 1 unspecified atom stereocenters. The van der Waals surface area contributed by atoms with Crippen LogP contribution in [0.15, 0.2) is 42.7 Å². The summed E-state index contributed by atoms with van der Waals surface area (Å²) in [6, 6.07) is 10.6. The summed E-state index contributed by atoms with van der Waals surface area (Å²) in [5, 5.41) is 0. The fourth-order valence-corrected chi connectivity index (χ4v) is 1.91. The molecule has 0 saturated carbocycles. The molecular weight excluding hydrogens is 208 g/mol. The van der Waals surface area contributed by atoms with Crippen molar-refractivity contribution in [2.75, 3.05) is 0 Å². The molecule has 0 amide bonds. The van der Waals surface area contributed by atoms with Crippen molar-refractivity contribution in [3.63, 3.8) is 0 Å². The zero-order valence-electron chi connectivity index (χ0n) is 10.4. The SMILES string of the molecule is CCC(N)c1ccc(-c2cnccc2C)cc1. The van der Waals surface area contributed by atoms with Gasteiger partial charge in [-0.1, -0.05) is 31.2 Å². The molecule has 0 saturated heterocycles. The largest absolute Gasteiger partial charge is 0.324 e. The Bertz CT molecular complexity index is 489. The lowest BCUT2D eigenvalue weighted by Crippen LogP contribution is -2.08. The third-order valence-corrected chi connectivity index (χ3v) is 3.13. The summed E-state index contributed by atoms with van der Waals surface area (Å²) in [5.41, 5.74) is 10.8. The fraction of sp³-hybridized carbons (Fsp3) is 0.267. The van der Waals surface area contributed by atoms with E-state index >= 15 is 0 Å². The Kier molecular flexibility index (Phi) is 3.55. The van der Waals surface area contributed by atoms with Gasteiger partial charge in [0.25, 0.3) is 0 Å². The van der Waals surface area contributed by atoms with Gasteiger partial charge >= 0.3 is 0 Å². The maximum atomic E-state index is 6.00. The van der Waals surface area contributed by atoms with Gasteiger partial charge < -0.3 is 5.73 Å². The second kappa shape index (κ2) is 5.11. The number of rotatable bonds is 3. The van der Waals surface area contributed by atoms with Crippen LogP contribution in [0, 0.1) is 6.92 Å². The maximum Gasteiger partial charge on any atom is 0.0349 e. The minimum Gasteiger partial charge on any atom is -0.324 e. The third kappa shape index (κ3) is 2.53. The van der Waals surface area contributed by atoms with Crippen LogP contribution in [-0.2, 0) is 0 Å². The lowest BCUT2D eigenvalue weighted by molar-refractivity contribution is 0.699. The number of aryl methyl sites for hydroxylation is 1. The highest BCUT2D eigenvalue weighted by Gasteiger charge is 2.05. The number of nitrogens with zero attached hydrogens (tertiary/aromatic N) is 1. The van der Waals surface area contributed by atoms with Crippen LogP contribution in [0.1, 0.15) is 30.5 Å². The Morgan fingerprint density at radius 1 is 1.18 bits per heavy atom. The average molecular weight is 226 g/mol. The molecule has 1 heterocycles. The zero-order chi connectivity index (χ0) is 12.3. The molecule has 1 aromatic heterocycles. The van der Waals surface area contributed by atoms with E-state index in [1.54, 1.807) is 0 Å². The normalized spacial score (nSPS) is 12.4. The number of hydrogen-bond acceptors (Lipinski definition) is 2. The number of benzene rings is 1. The summed E-state index contributed by atoms with van der Waals surface area (Å²) < 4.78 is 0. The molecule has 17 heavy (non-hydrogen) atoms. The summed E-state index contributed by atoms with van der Waals surface area (Å²) >= 11 is 0. The molecule has 88 valence electrons. The van der Waals surface area contributed by atoms with Crippen molar-refractivity contribution in [3.8, 4) is 11.1 Å². The van der Waals surface area contributed by atoms with Crippen LogP contribution in [0.5, 0.6) is 0 Å². The zero-order valence-corrected chi connectivity index (χ0v) is 10.4. The lowest BCUT2D eigenvalue weighted by Gasteiger charge is -2.10. The highest BCUT2D eigenvalue weighted by atomic mass is 14.6. The van der Waals surface area contributed by atoms with E-state index in [9.17, 15) is 0 Å². The molecule has 2 N–H and O–H groups in total. The Labute approximate surface area is 103 Å². The molecule has 0 radical (unpaired) electrons. The molecule has 2 rings (SSSR count). The van der Waals surface area contributed by atoms with Crippen LogP contribution in [0.25, 0.3) is 11.1 Å². The van der Waals surface area contributed by atoms with Crippen LogP contribution >= 0.6 is 0 Å². The number of aromatic nitrogens is 1. The van der Waals surface area contributed by atoms with Gasteiger partial charge in [0.05, 0.1) is 0 Å². The van der Waals surface area contributed by atoms with Crippen molar-refractivity contribution < 1.29 is 0 Å². The lowest BCUT2D eigenvalue weighted by atomic mass is 9.99. The summed E-state index contributed by atoms with van der Waals surface area (Å²) in [7, 11) is 0. The van der Waals surface area contributed by atoms with E-state index in [2.05, 4.69) is 43.1 Å². The maximum absolute atomic E-state index is 6.00. The summed E-state index contributed by atoms with van der Waals surface area (Å²) in [4.78, 5) is 4.17. The first-order valence-electron chi connectivity index (χ1n) is 5.99. The smallest absolute Gasteiger partial charge is 0.0349 e. The highest BCUT2D eigenvalue weighted by molar-refractivity contribution is 5.66. The average Bonchev–Trinajstić information content (AvgIpc) is 2.39. The summed E-state index contributed by atoms with van der Waals surface area (Å²) in [6.45, 7) is 4.20. The van der Waals surface area contributed by atoms with Gasteiger partial charge in [0.1, 0.15) is 0 Å². The Morgan fingerprint density at radius 2 is 1.88 bits per heavy atom. The minimum absolute atomic E-state index is 0.138. The molecule has 0 aliphatic heterocycles. The molecule has 2 heteroatoms. The first kappa shape index (κ1) is 11.8. The molecule has 0 aliphatic carbocycles. The second-order valence-electron chi connectivity index (χ2n) is 4.33. The molecule has 1 atom stereocenters. The van der Waals surface area contributed by atoms with Crippen LogP contribution in [0.3, 0.4) is 0 Å². The van der Waals surface area contributed by atoms with Crippen molar-refractivity contribution in [3.05, 3.63) is 53.9 Å². The predicted octanol–water partition coefficient (Wildman–Crippen LogP) is 3.47. The van der Waals surface area contributed by atoms with E-state index in [0.717, 1.165) is 6.42 Å². The number of pyridine rings is 1. The predicted molar refractivity (Wildman–Crippen MR) is 71.6 cm³/mol. The first-order valence-corrected chi connectivity index (χ1v) is 5.99.